The van der Waals surface area contributed by atoms with E-state index in [9.17, 15) is 9.59 Å². The number of hydrogen-bond acceptors (Lipinski definition) is 2. The highest BCUT2D eigenvalue weighted by atomic mass is 16.1. The van der Waals surface area contributed by atoms with Gasteiger partial charge in [0.05, 0.1) is 16.3 Å². The third kappa shape index (κ3) is 1.48. The van der Waals surface area contributed by atoms with Crippen molar-refractivity contribution >= 4 is 32.6 Å². The maximum Gasteiger partial charge on any atom is 0.270 e. The molecule has 0 radical (unpaired) electrons. The summed E-state index contributed by atoms with van der Waals surface area (Å²) in [6.07, 6.45) is 0. The van der Waals surface area contributed by atoms with E-state index in [1.807, 2.05) is 25.1 Å². The minimum Gasteiger partial charge on any atom is -0.341 e. The molecule has 4 rings (SSSR count). The van der Waals surface area contributed by atoms with E-state index in [0.717, 1.165) is 33.9 Å². The first-order valence-electron chi connectivity index (χ1n) is 7.28. The molecular formula is C17H15N3O2. The van der Waals surface area contributed by atoms with Crippen LogP contribution in [0.2, 0.25) is 0 Å². The first-order valence-corrected chi connectivity index (χ1v) is 7.28. The van der Waals surface area contributed by atoms with Crippen LogP contribution in [0.5, 0.6) is 0 Å². The van der Waals surface area contributed by atoms with Crippen molar-refractivity contribution in [2.45, 2.75) is 20.4 Å². The van der Waals surface area contributed by atoms with Crippen LogP contribution in [0.3, 0.4) is 0 Å². The predicted molar refractivity (Wildman–Crippen MR) is 88.6 cm³/mol. The van der Waals surface area contributed by atoms with Crippen molar-refractivity contribution in [1.82, 2.24) is 14.8 Å². The smallest absolute Gasteiger partial charge is 0.270 e. The second-order valence-corrected chi connectivity index (χ2v) is 5.49. The highest BCUT2D eigenvalue weighted by molar-refractivity contribution is 6.14. The number of nitrogens with zero attached hydrogens (tertiary/aromatic N) is 1. The minimum atomic E-state index is -0.270. The van der Waals surface area contributed by atoms with Crippen molar-refractivity contribution in [3.05, 3.63) is 56.6 Å². The lowest BCUT2D eigenvalue weighted by Gasteiger charge is -2.07. The highest BCUT2D eigenvalue weighted by Gasteiger charge is 2.16. The Kier molecular flexibility index (Phi) is 2.54. The number of aromatic amines is 2. The highest BCUT2D eigenvalue weighted by Crippen LogP contribution is 2.33. The number of benzene rings is 2. The Bertz CT molecular complexity index is 1160. The van der Waals surface area contributed by atoms with Crippen LogP contribution in [-0.4, -0.2) is 14.8 Å². The van der Waals surface area contributed by atoms with Crippen LogP contribution in [0.25, 0.3) is 32.6 Å². The van der Waals surface area contributed by atoms with E-state index in [1.165, 1.54) is 0 Å². The Labute approximate surface area is 125 Å². The fraction of sp³-hybridized carbons (Fsp3) is 0.176. The molecule has 0 saturated heterocycles. The van der Waals surface area contributed by atoms with E-state index >= 15 is 0 Å². The topological polar surface area (TPSA) is 70.7 Å². The number of para-hydroxylation sites is 1. The van der Waals surface area contributed by atoms with Crippen LogP contribution >= 0.6 is 0 Å². The van der Waals surface area contributed by atoms with E-state index in [0.29, 0.717) is 10.8 Å². The molecule has 2 aromatic heterocycles. The largest absolute Gasteiger partial charge is 0.341 e. The lowest BCUT2D eigenvalue weighted by Crippen LogP contribution is -2.20. The summed E-state index contributed by atoms with van der Waals surface area (Å²) >= 11 is 0. The summed E-state index contributed by atoms with van der Waals surface area (Å²) in [5.74, 6) is 0. The molecule has 0 saturated carbocycles. The van der Waals surface area contributed by atoms with Crippen molar-refractivity contribution in [2.75, 3.05) is 0 Å². The van der Waals surface area contributed by atoms with Gasteiger partial charge in [-0.2, -0.15) is 0 Å². The van der Waals surface area contributed by atoms with E-state index < -0.39 is 0 Å². The molecule has 2 heterocycles. The molecule has 0 atom stereocenters. The van der Waals surface area contributed by atoms with Gasteiger partial charge in [0.15, 0.2) is 0 Å². The standard InChI is InChI=1S/C17H15N3O2/c1-3-20-13-7-5-4-6-10(13)11-8-12-14(9(2)15(11)20)17(22)19-18-16(12)21/h4-8H,3H2,1-2H3,(H,18,21)(H,19,22). The van der Waals surface area contributed by atoms with Crippen molar-refractivity contribution < 1.29 is 0 Å². The zero-order valence-corrected chi connectivity index (χ0v) is 12.4. The molecule has 2 N–H and O–H groups in total. The fourth-order valence-electron chi connectivity index (χ4n) is 3.46. The number of fused-ring (bicyclic) bond motifs is 4. The molecule has 0 aliphatic heterocycles. The minimum absolute atomic E-state index is 0.262. The zero-order chi connectivity index (χ0) is 15.4. The average Bonchev–Trinajstić information content (AvgIpc) is 2.85. The Hall–Kier alpha value is -2.82. The Morgan fingerprint density at radius 3 is 2.50 bits per heavy atom. The van der Waals surface area contributed by atoms with Gasteiger partial charge >= 0.3 is 0 Å². The quantitative estimate of drug-likeness (QED) is 0.566. The second kappa shape index (κ2) is 4.34. The number of hydrogen-bond donors (Lipinski definition) is 2. The van der Waals surface area contributed by atoms with Gasteiger partial charge in [0.25, 0.3) is 11.1 Å². The van der Waals surface area contributed by atoms with Gasteiger partial charge in [-0.05, 0) is 31.5 Å². The number of nitrogens with one attached hydrogen (secondary N) is 2. The molecule has 22 heavy (non-hydrogen) atoms. The van der Waals surface area contributed by atoms with Crippen molar-refractivity contribution in [3.63, 3.8) is 0 Å². The van der Waals surface area contributed by atoms with Gasteiger partial charge in [-0.1, -0.05) is 18.2 Å². The third-order valence-electron chi connectivity index (χ3n) is 4.38. The summed E-state index contributed by atoms with van der Waals surface area (Å²) in [6.45, 7) is 4.79. The van der Waals surface area contributed by atoms with Crippen LogP contribution in [0, 0.1) is 6.92 Å². The molecule has 0 spiro atoms. The number of aromatic nitrogens is 3. The molecule has 0 fully saturated rings. The normalized spacial score (nSPS) is 11.7. The van der Waals surface area contributed by atoms with E-state index in [1.54, 1.807) is 0 Å². The van der Waals surface area contributed by atoms with E-state index in [2.05, 4.69) is 33.8 Å². The van der Waals surface area contributed by atoms with Crippen LogP contribution < -0.4 is 11.1 Å². The Morgan fingerprint density at radius 1 is 1.00 bits per heavy atom. The molecule has 5 nitrogen and oxygen atoms in total. The molecule has 0 aliphatic carbocycles. The van der Waals surface area contributed by atoms with Crippen molar-refractivity contribution in [1.29, 1.82) is 0 Å². The summed E-state index contributed by atoms with van der Waals surface area (Å²) in [7, 11) is 0. The lowest BCUT2D eigenvalue weighted by atomic mass is 10.0. The van der Waals surface area contributed by atoms with Crippen molar-refractivity contribution in [2.24, 2.45) is 0 Å². The molecule has 0 aliphatic rings. The summed E-state index contributed by atoms with van der Waals surface area (Å²) in [6, 6.07) is 9.94. The summed E-state index contributed by atoms with van der Waals surface area (Å²) in [4.78, 5) is 24.3. The monoisotopic (exact) mass is 293 g/mol. The van der Waals surface area contributed by atoms with Gasteiger partial charge in [-0.3, -0.25) is 19.8 Å². The molecule has 4 aromatic rings. The van der Waals surface area contributed by atoms with Gasteiger partial charge < -0.3 is 4.57 Å². The summed E-state index contributed by atoms with van der Waals surface area (Å²) in [5.41, 5.74) is 2.45. The number of H-pyrrole nitrogens is 2. The molecule has 2 aromatic carbocycles. The van der Waals surface area contributed by atoms with Gasteiger partial charge in [-0.25, -0.2) is 0 Å². The van der Waals surface area contributed by atoms with Gasteiger partial charge in [0.1, 0.15) is 0 Å². The second-order valence-electron chi connectivity index (χ2n) is 5.49. The number of rotatable bonds is 1. The van der Waals surface area contributed by atoms with Crippen LogP contribution in [0.15, 0.2) is 39.9 Å². The molecule has 0 bridgehead atoms. The van der Waals surface area contributed by atoms with E-state index in [-0.39, 0.29) is 11.1 Å². The van der Waals surface area contributed by atoms with Crippen LogP contribution in [0.1, 0.15) is 12.5 Å². The summed E-state index contributed by atoms with van der Waals surface area (Å²) < 4.78 is 2.19. The Balaban J connectivity index is 2.43. The van der Waals surface area contributed by atoms with Crippen LogP contribution in [0.4, 0.5) is 0 Å². The molecule has 0 amide bonds. The molecule has 110 valence electrons. The first-order chi connectivity index (χ1) is 10.6. The van der Waals surface area contributed by atoms with E-state index in [4.69, 9.17) is 0 Å². The third-order valence-corrected chi connectivity index (χ3v) is 4.38. The van der Waals surface area contributed by atoms with Crippen molar-refractivity contribution in [3.8, 4) is 0 Å². The van der Waals surface area contributed by atoms with Crippen LogP contribution in [-0.2, 0) is 6.54 Å². The van der Waals surface area contributed by atoms with Gasteiger partial charge in [0, 0.05) is 22.8 Å². The first kappa shape index (κ1) is 12.9. The maximum atomic E-state index is 12.2. The zero-order valence-electron chi connectivity index (χ0n) is 12.4. The fourth-order valence-corrected chi connectivity index (χ4v) is 3.46. The maximum absolute atomic E-state index is 12.2. The average molecular weight is 293 g/mol. The lowest BCUT2D eigenvalue weighted by molar-refractivity contribution is 0.825. The molecule has 5 heteroatoms. The SMILES string of the molecule is CCn1c2ccccc2c2cc3c(=O)[nH][nH]c(=O)c3c(C)c21. The Morgan fingerprint density at radius 2 is 1.73 bits per heavy atom. The number of aryl methyl sites for hydroxylation is 2. The summed E-state index contributed by atoms with van der Waals surface area (Å²) in [5, 5.41) is 7.84. The predicted octanol–water partition coefficient (Wildman–Crippen LogP) is 2.65. The van der Waals surface area contributed by atoms with Gasteiger partial charge in [0.2, 0.25) is 0 Å². The molecular weight excluding hydrogens is 278 g/mol. The van der Waals surface area contributed by atoms with Gasteiger partial charge in [-0.15, -0.1) is 0 Å². The molecule has 0 unspecified atom stereocenters.